The van der Waals surface area contributed by atoms with Gasteiger partial charge in [-0.15, -0.1) is 6.58 Å². The molecule has 3 heteroatoms. The van der Waals surface area contributed by atoms with E-state index in [-0.39, 0.29) is 6.29 Å². The van der Waals surface area contributed by atoms with Crippen molar-refractivity contribution in [2.45, 2.75) is 78.5 Å². The maximum atomic E-state index is 6.56. The predicted octanol–water partition coefficient (Wildman–Crippen LogP) is 5.26. The summed E-state index contributed by atoms with van der Waals surface area (Å²) in [6.07, 6.45) is 5.24. The molecule has 2 fully saturated rings. The van der Waals surface area contributed by atoms with Crippen LogP contribution in [0.4, 0.5) is 0 Å². The van der Waals surface area contributed by atoms with Crippen molar-refractivity contribution < 1.29 is 9.47 Å². The van der Waals surface area contributed by atoms with E-state index >= 15 is 0 Å². The molecule has 1 aliphatic carbocycles. The van der Waals surface area contributed by atoms with Crippen LogP contribution in [0.25, 0.3) is 0 Å². The lowest BCUT2D eigenvalue weighted by Crippen LogP contribution is -2.40. The zero-order chi connectivity index (χ0) is 16.5. The molecule has 1 saturated carbocycles. The van der Waals surface area contributed by atoms with Gasteiger partial charge < -0.3 is 9.47 Å². The van der Waals surface area contributed by atoms with Crippen LogP contribution in [0.2, 0.25) is 19.6 Å². The molecule has 2 aliphatic rings. The summed E-state index contributed by atoms with van der Waals surface area (Å²) < 4.78 is 12.6. The number of hydrogen-bond acceptors (Lipinski definition) is 2. The molecule has 0 aromatic rings. The van der Waals surface area contributed by atoms with Crippen molar-refractivity contribution in [1.29, 1.82) is 0 Å². The van der Waals surface area contributed by atoms with Gasteiger partial charge in [0.05, 0.1) is 20.8 Å². The summed E-state index contributed by atoms with van der Waals surface area (Å²) in [4.78, 5) is 0. The molecule has 0 amide bonds. The van der Waals surface area contributed by atoms with Crippen LogP contribution < -0.4 is 0 Å². The van der Waals surface area contributed by atoms with Gasteiger partial charge in [-0.2, -0.15) is 0 Å². The second kappa shape index (κ2) is 7.19. The minimum Gasteiger partial charge on any atom is -0.352 e. The second-order valence-corrected chi connectivity index (χ2v) is 14.1. The first-order valence-corrected chi connectivity index (χ1v) is 12.7. The van der Waals surface area contributed by atoms with Crippen LogP contribution in [-0.2, 0) is 9.47 Å². The summed E-state index contributed by atoms with van der Waals surface area (Å²) >= 11 is 0. The molecule has 22 heavy (non-hydrogen) atoms. The van der Waals surface area contributed by atoms with Crippen molar-refractivity contribution in [2.24, 2.45) is 23.7 Å². The Bertz CT molecular complexity index is 385. The van der Waals surface area contributed by atoms with Gasteiger partial charge in [-0.3, -0.25) is 0 Å². The van der Waals surface area contributed by atoms with Gasteiger partial charge in [-0.05, 0) is 37.0 Å². The fourth-order valence-electron chi connectivity index (χ4n) is 4.04. The first-order chi connectivity index (χ1) is 10.2. The molecule has 0 aromatic heterocycles. The van der Waals surface area contributed by atoms with E-state index in [0.717, 1.165) is 18.9 Å². The summed E-state index contributed by atoms with van der Waals surface area (Å²) in [5.41, 5.74) is 0. The molecule has 5 atom stereocenters. The molecule has 1 aliphatic heterocycles. The van der Waals surface area contributed by atoms with Crippen molar-refractivity contribution in [1.82, 2.24) is 0 Å². The zero-order valence-electron chi connectivity index (χ0n) is 15.5. The van der Waals surface area contributed by atoms with Gasteiger partial charge in [-0.25, -0.2) is 0 Å². The lowest BCUT2D eigenvalue weighted by molar-refractivity contribution is -0.184. The maximum Gasteiger partial charge on any atom is 0.164 e. The Morgan fingerprint density at radius 3 is 2.45 bits per heavy atom. The molecular formula is C19H36O2Si. The maximum absolute atomic E-state index is 6.56. The monoisotopic (exact) mass is 324 g/mol. The molecular weight excluding hydrogens is 288 g/mol. The van der Waals surface area contributed by atoms with E-state index in [0.29, 0.717) is 23.9 Å². The summed E-state index contributed by atoms with van der Waals surface area (Å²) in [6.45, 7) is 19.4. The van der Waals surface area contributed by atoms with E-state index in [1.54, 1.807) is 0 Å². The number of ether oxygens (including phenoxy) is 2. The molecule has 0 N–H and O–H groups in total. The molecule has 1 heterocycles. The highest BCUT2D eigenvalue weighted by molar-refractivity contribution is 6.83. The third-order valence-electron chi connectivity index (χ3n) is 5.72. The van der Waals surface area contributed by atoms with Crippen molar-refractivity contribution in [2.75, 3.05) is 6.61 Å². The van der Waals surface area contributed by atoms with Crippen LogP contribution in [-0.4, -0.2) is 27.1 Å². The van der Waals surface area contributed by atoms with Crippen molar-refractivity contribution in [3.05, 3.63) is 11.8 Å². The summed E-state index contributed by atoms with van der Waals surface area (Å²) in [5, 5.41) is 1.42. The normalized spacial score (nSPS) is 36.8. The van der Waals surface area contributed by atoms with Crippen molar-refractivity contribution in [3.63, 3.8) is 0 Å². The molecule has 0 aromatic carbocycles. The van der Waals surface area contributed by atoms with Crippen LogP contribution in [0.3, 0.4) is 0 Å². The fourth-order valence-corrected chi connectivity index (χ4v) is 5.43. The third-order valence-corrected chi connectivity index (χ3v) is 8.02. The van der Waals surface area contributed by atoms with Crippen LogP contribution in [0, 0.1) is 23.7 Å². The molecule has 2 rings (SSSR count). The predicted molar refractivity (Wildman–Crippen MR) is 96.5 cm³/mol. The molecule has 0 radical (unpaired) electrons. The molecule has 2 nitrogen and oxygen atoms in total. The summed E-state index contributed by atoms with van der Waals surface area (Å²) in [7, 11) is -1.34. The first kappa shape index (κ1) is 18.2. The Hall–Kier alpha value is -0.123. The van der Waals surface area contributed by atoms with Gasteiger partial charge in [0.2, 0.25) is 0 Å². The van der Waals surface area contributed by atoms with Crippen LogP contribution >= 0.6 is 0 Å². The van der Waals surface area contributed by atoms with Gasteiger partial charge in [-0.1, -0.05) is 52.0 Å². The van der Waals surface area contributed by atoms with E-state index < -0.39 is 8.07 Å². The lowest BCUT2D eigenvalue weighted by Gasteiger charge is -2.39. The lowest BCUT2D eigenvalue weighted by atomic mass is 9.75. The van der Waals surface area contributed by atoms with E-state index in [9.17, 15) is 0 Å². The largest absolute Gasteiger partial charge is 0.352 e. The Labute approximate surface area is 138 Å². The average Bonchev–Trinajstić information content (AvgIpc) is 2.84. The van der Waals surface area contributed by atoms with Crippen LogP contribution in [0.5, 0.6) is 0 Å². The van der Waals surface area contributed by atoms with E-state index in [4.69, 9.17) is 9.47 Å². The van der Waals surface area contributed by atoms with Gasteiger partial charge in [0.25, 0.3) is 0 Å². The Morgan fingerprint density at radius 1 is 1.18 bits per heavy atom. The van der Waals surface area contributed by atoms with E-state index in [1.807, 2.05) is 0 Å². The highest BCUT2D eigenvalue weighted by Gasteiger charge is 2.40. The smallest absolute Gasteiger partial charge is 0.164 e. The van der Waals surface area contributed by atoms with Gasteiger partial charge in [0.15, 0.2) is 6.29 Å². The standard InChI is InChI=1S/C19H36O2Si/c1-13(2)16-9-8-14(3)12-18(16)21-19-17(10-11-20-19)15(4)22(5,6)7/h13-14,16-19H,4,8-12H2,1-3,5-7H3/t14-,16-,17-,18+,19+/m0/s1. The molecule has 0 spiro atoms. The molecule has 0 unspecified atom stereocenters. The van der Waals surface area contributed by atoms with Crippen molar-refractivity contribution in [3.8, 4) is 0 Å². The second-order valence-electron chi connectivity index (χ2n) is 8.91. The van der Waals surface area contributed by atoms with E-state index in [2.05, 4.69) is 47.0 Å². The first-order valence-electron chi connectivity index (χ1n) is 9.16. The molecule has 1 saturated heterocycles. The van der Waals surface area contributed by atoms with Crippen molar-refractivity contribution >= 4 is 8.07 Å². The SMILES string of the molecule is C=C([C@@H]1CCO[C@@H]1O[C@@H]1C[C@@H](C)CC[C@H]1C(C)C)[Si](C)(C)C. The van der Waals surface area contributed by atoms with Crippen LogP contribution in [0.1, 0.15) is 46.5 Å². The van der Waals surface area contributed by atoms with Crippen LogP contribution in [0.15, 0.2) is 11.8 Å². The minimum atomic E-state index is -1.34. The summed E-state index contributed by atoms with van der Waals surface area (Å²) in [5.74, 6) is 2.57. The minimum absolute atomic E-state index is 0.0456. The average molecular weight is 325 g/mol. The highest BCUT2D eigenvalue weighted by atomic mass is 28.3. The number of rotatable bonds is 5. The van der Waals surface area contributed by atoms with Gasteiger partial charge in [0.1, 0.15) is 0 Å². The Kier molecular flexibility index (Phi) is 5.95. The van der Waals surface area contributed by atoms with E-state index in [1.165, 1.54) is 24.5 Å². The zero-order valence-corrected chi connectivity index (χ0v) is 16.5. The Balaban J connectivity index is 2.05. The highest BCUT2D eigenvalue weighted by Crippen LogP contribution is 2.39. The van der Waals surface area contributed by atoms with Gasteiger partial charge in [0, 0.05) is 5.92 Å². The molecule has 128 valence electrons. The molecule has 0 bridgehead atoms. The summed E-state index contributed by atoms with van der Waals surface area (Å²) in [6, 6.07) is 0. The quantitative estimate of drug-likeness (QED) is 0.642. The Morgan fingerprint density at radius 2 is 1.86 bits per heavy atom. The number of hydrogen-bond donors (Lipinski definition) is 0. The third kappa shape index (κ3) is 4.24. The van der Waals surface area contributed by atoms with Gasteiger partial charge >= 0.3 is 0 Å². The fraction of sp³-hybridized carbons (Fsp3) is 0.895. The topological polar surface area (TPSA) is 18.5 Å².